The van der Waals surface area contributed by atoms with E-state index in [2.05, 4.69) is 21.2 Å². The van der Waals surface area contributed by atoms with Crippen LogP contribution in [0.25, 0.3) is 0 Å². The van der Waals surface area contributed by atoms with E-state index in [1.54, 1.807) is 24.3 Å². The van der Waals surface area contributed by atoms with E-state index in [0.29, 0.717) is 15.8 Å². The van der Waals surface area contributed by atoms with E-state index in [1.807, 2.05) is 12.1 Å². The normalized spacial score (nSPS) is 10.1. The Morgan fingerprint density at radius 3 is 2.56 bits per heavy atom. The standard InChI is InChI=1S/C12H10BrFN2/c13-10-5-2-6-11(14)12(10)16-9-4-1-3-8(15)7-9/h1-7,16H,15H2. The number of hydrogen-bond acceptors (Lipinski definition) is 2. The van der Waals surface area contributed by atoms with Crippen molar-refractivity contribution < 1.29 is 4.39 Å². The Morgan fingerprint density at radius 1 is 1.12 bits per heavy atom. The molecule has 0 radical (unpaired) electrons. The Hall–Kier alpha value is -1.55. The van der Waals surface area contributed by atoms with E-state index >= 15 is 0 Å². The summed E-state index contributed by atoms with van der Waals surface area (Å²) >= 11 is 3.29. The quantitative estimate of drug-likeness (QED) is 0.819. The summed E-state index contributed by atoms with van der Waals surface area (Å²) in [5.74, 6) is -0.309. The van der Waals surface area contributed by atoms with Gasteiger partial charge in [0.25, 0.3) is 0 Å². The van der Waals surface area contributed by atoms with Gasteiger partial charge in [-0.2, -0.15) is 0 Å². The second-order valence-electron chi connectivity index (χ2n) is 3.35. The maximum atomic E-state index is 13.5. The molecule has 16 heavy (non-hydrogen) atoms. The lowest BCUT2D eigenvalue weighted by molar-refractivity contribution is 0.631. The fourth-order valence-electron chi connectivity index (χ4n) is 1.38. The molecule has 3 N–H and O–H groups in total. The number of benzene rings is 2. The molecule has 0 saturated heterocycles. The van der Waals surface area contributed by atoms with Crippen molar-refractivity contribution in [1.29, 1.82) is 0 Å². The van der Waals surface area contributed by atoms with E-state index in [1.165, 1.54) is 6.07 Å². The third-order valence-electron chi connectivity index (χ3n) is 2.12. The average molecular weight is 281 g/mol. The molecule has 0 aliphatic rings. The summed E-state index contributed by atoms with van der Waals surface area (Å²) in [5, 5.41) is 2.98. The van der Waals surface area contributed by atoms with E-state index in [-0.39, 0.29) is 5.82 Å². The molecule has 4 heteroatoms. The van der Waals surface area contributed by atoms with Crippen molar-refractivity contribution in [3.8, 4) is 0 Å². The van der Waals surface area contributed by atoms with Crippen LogP contribution >= 0.6 is 15.9 Å². The summed E-state index contributed by atoms with van der Waals surface area (Å²) in [6.07, 6.45) is 0. The van der Waals surface area contributed by atoms with Gasteiger partial charge in [0, 0.05) is 15.8 Å². The van der Waals surface area contributed by atoms with Crippen molar-refractivity contribution in [2.75, 3.05) is 11.1 Å². The van der Waals surface area contributed by atoms with Gasteiger partial charge in [-0.05, 0) is 46.3 Å². The number of halogens is 2. The van der Waals surface area contributed by atoms with Crippen molar-refractivity contribution in [2.45, 2.75) is 0 Å². The van der Waals surface area contributed by atoms with Gasteiger partial charge < -0.3 is 11.1 Å². The molecule has 0 heterocycles. The molecule has 0 aromatic heterocycles. The van der Waals surface area contributed by atoms with Gasteiger partial charge in [-0.25, -0.2) is 4.39 Å². The lowest BCUT2D eigenvalue weighted by Crippen LogP contribution is -1.95. The van der Waals surface area contributed by atoms with E-state index in [9.17, 15) is 4.39 Å². The van der Waals surface area contributed by atoms with Crippen LogP contribution in [-0.4, -0.2) is 0 Å². The first kappa shape index (κ1) is 11.0. The summed E-state index contributed by atoms with van der Waals surface area (Å²) < 4.78 is 14.2. The number of hydrogen-bond donors (Lipinski definition) is 2. The molecule has 0 spiro atoms. The number of nitrogens with one attached hydrogen (secondary N) is 1. The fourth-order valence-corrected chi connectivity index (χ4v) is 1.82. The Kier molecular flexibility index (Phi) is 3.10. The lowest BCUT2D eigenvalue weighted by atomic mass is 10.2. The fraction of sp³-hybridized carbons (Fsp3) is 0. The molecule has 0 bridgehead atoms. The van der Waals surface area contributed by atoms with Gasteiger partial charge in [0.15, 0.2) is 0 Å². The minimum absolute atomic E-state index is 0.309. The predicted octanol–water partition coefficient (Wildman–Crippen LogP) is 3.91. The Morgan fingerprint density at radius 2 is 1.88 bits per heavy atom. The zero-order valence-corrected chi connectivity index (χ0v) is 9.96. The van der Waals surface area contributed by atoms with Gasteiger partial charge in [0.2, 0.25) is 0 Å². The minimum Gasteiger partial charge on any atom is -0.399 e. The lowest BCUT2D eigenvalue weighted by Gasteiger charge is -2.09. The maximum absolute atomic E-state index is 13.5. The Balaban J connectivity index is 2.34. The second-order valence-corrected chi connectivity index (χ2v) is 4.20. The van der Waals surface area contributed by atoms with Crippen LogP contribution in [0.3, 0.4) is 0 Å². The summed E-state index contributed by atoms with van der Waals surface area (Å²) in [6, 6.07) is 12.0. The number of anilines is 3. The van der Waals surface area contributed by atoms with E-state index in [4.69, 9.17) is 5.73 Å². The summed E-state index contributed by atoms with van der Waals surface area (Å²) in [4.78, 5) is 0. The molecular weight excluding hydrogens is 271 g/mol. The SMILES string of the molecule is Nc1cccc(Nc2c(F)cccc2Br)c1. The molecule has 2 aromatic carbocycles. The molecule has 0 unspecified atom stereocenters. The van der Waals surface area contributed by atoms with Gasteiger partial charge in [0.05, 0.1) is 5.69 Å². The Labute approximate surface area is 101 Å². The van der Waals surface area contributed by atoms with Crippen LogP contribution < -0.4 is 11.1 Å². The van der Waals surface area contributed by atoms with Crippen molar-refractivity contribution in [2.24, 2.45) is 0 Å². The molecular formula is C12H10BrFN2. The highest BCUT2D eigenvalue weighted by molar-refractivity contribution is 9.10. The van der Waals surface area contributed by atoms with Crippen molar-refractivity contribution in [3.05, 3.63) is 52.8 Å². The first-order valence-corrected chi connectivity index (χ1v) is 5.53. The average Bonchev–Trinajstić information content (AvgIpc) is 2.24. The van der Waals surface area contributed by atoms with Crippen LogP contribution in [0.15, 0.2) is 46.9 Å². The van der Waals surface area contributed by atoms with Crippen molar-refractivity contribution >= 4 is 33.0 Å². The first-order chi connectivity index (χ1) is 7.66. The highest BCUT2D eigenvalue weighted by Crippen LogP contribution is 2.28. The van der Waals surface area contributed by atoms with Crippen molar-refractivity contribution in [3.63, 3.8) is 0 Å². The predicted molar refractivity (Wildman–Crippen MR) is 68.2 cm³/mol. The highest BCUT2D eigenvalue weighted by atomic mass is 79.9. The third-order valence-corrected chi connectivity index (χ3v) is 2.78. The Bertz CT molecular complexity index is 494. The molecule has 0 fully saturated rings. The summed E-state index contributed by atoms with van der Waals surface area (Å²) in [7, 11) is 0. The van der Waals surface area contributed by atoms with E-state index < -0.39 is 0 Å². The maximum Gasteiger partial charge on any atom is 0.147 e. The molecule has 0 aliphatic carbocycles. The largest absolute Gasteiger partial charge is 0.399 e. The first-order valence-electron chi connectivity index (χ1n) is 4.73. The molecule has 2 rings (SSSR count). The monoisotopic (exact) mass is 280 g/mol. The van der Waals surface area contributed by atoms with Crippen LogP contribution in [0, 0.1) is 5.82 Å². The van der Waals surface area contributed by atoms with Crippen LogP contribution in [0.2, 0.25) is 0 Å². The number of rotatable bonds is 2. The molecule has 2 nitrogen and oxygen atoms in total. The van der Waals surface area contributed by atoms with Gasteiger partial charge in [-0.3, -0.25) is 0 Å². The van der Waals surface area contributed by atoms with Crippen LogP contribution in [0.5, 0.6) is 0 Å². The zero-order valence-electron chi connectivity index (χ0n) is 8.37. The number of nitrogens with two attached hydrogens (primary N) is 1. The van der Waals surface area contributed by atoms with Gasteiger partial charge in [-0.1, -0.05) is 12.1 Å². The smallest absolute Gasteiger partial charge is 0.147 e. The molecule has 0 aliphatic heterocycles. The highest BCUT2D eigenvalue weighted by Gasteiger charge is 2.06. The van der Waals surface area contributed by atoms with E-state index in [0.717, 1.165) is 5.69 Å². The molecule has 0 atom stereocenters. The van der Waals surface area contributed by atoms with Gasteiger partial charge in [0.1, 0.15) is 5.82 Å². The summed E-state index contributed by atoms with van der Waals surface area (Å²) in [6.45, 7) is 0. The molecule has 0 saturated carbocycles. The molecule has 2 aromatic rings. The van der Waals surface area contributed by atoms with Crippen LogP contribution in [0.4, 0.5) is 21.5 Å². The topological polar surface area (TPSA) is 38.0 Å². The van der Waals surface area contributed by atoms with Crippen LogP contribution in [0.1, 0.15) is 0 Å². The van der Waals surface area contributed by atoms with Crippen molar-refractivity contribution in [1.82, 2.24) is 0 Å². The van der Waals surface area contributed by atoms with Crippen LogP contribution in [-0.2, 0) is 0 Å². The molecule has 0 amide bonds. The molecule has 82 valence electrons. The van der Waals surface area contributed by atoms with Gasteiger partial charge in [-0.15, -0.1) is 0 Å². The second kappa shape index (κ2) is 4.53. The zero-order chi connectivity index (χ0) is 11.5. The minimum atomic E-state index is -0.309. The van der Waals surface area contributed by atoms with Gasteiger partial charge >= 0.3 is 0 Å². The number of nitrogen functional groups attached to an aromatic ring is 1. The third kappa shape index (κ3) is 2.33. The summed E-state index contributed by atoms with van der Waals surface area (Å²) in [5.41, 5.74) is 7.45. The number of para-hydroxylation sites is 1.